The van der Waals surface area contributed by atoms with E-state index >= 15 is 0 Å². The average Bonchev–Trinajstić information content (AvgIpc) is 2.40. The number of rotatable bonds is 10. The summed E-state index contributed by atoms with van der Waals surface area (Å²) in [6.45, 7) is 15.7. The Morgan fingerprint density at radius 2 is 1.65 bits per heavy atom. The number of hydrogen-bond donors (Lipinski definition) is 0. The standard InChI is InChI=1S/C18H38N2/c1-7-11-19(6)15(5)12-16(8-2)17-13-20(14-17)18(9-3)10-4/h15-18H,7-14H2,1-6H3. The summed E-state index contributed by atoms with van der Waals surface area (Å²) in [5.74, 6) is 1.88. The molecule has 1 aliphatic heterocycles. The predicted molar refractivity (Wildman–Crippen MR) is 90.2 cm³/mol. The molecule has 0 amide bonds. The molecule has 0 spiro atoms. The third-order valence-corrected chi connectivity index (χ3v) is 5.56. The molecule has 2 atom stereocenters. The Kier molecular flexibility index (Phi) is 8.13. The van der Waals surface area contributed by atoms with E-state index in [0.717, 1.165) is 23.9 Å². The van der Waals surface area contributed by atoms with Crippen molar-refractivity contribution in [2.45, 2.75) is 78.8 Å². The SMILES string of the molecule is CCCN(C)C(C)CC(CC)C1CN(C(CC)CC)C1. The van der Waals surface area contributed by atoms with Crippen molar-refractivity contribution in [2.75, 3.05) is 26.7 Å². The molecule has 2 heteroatoms. The summed E-state index contributed by atoms with van der Waals surface area (Å²) in [4.78, 5) is 5.26. The number of hydrogen-bond acceptors (Lipinski definition) is 2. The maximum Gasteiger partial charge on any atom is 0.00902 e. The Hall–Kier alpha value is -0.0800. The molecule has 1 aliphatic rings. The maximum absolute atomic E-state index is 2.72. The van der Waals surface area contributed by atoms with Crippen molar-refractivity contribution in [3.63, 3.8) is 0 Å². The monoisotopic (exact) mass is 282 g/mol. The zero-order valence-corrected chi connectivity index (χ0v) is 14.9. The van der Waals surface area contributed by atoms with Gasteiger partial charge in [-0.1, -0.05) is 34.1 Å². The summed E-state index contributed by atoms with van der Waals surface area (Å²) >= 11 is 0. The van der Waals surface area contributed by atoms with Gasteiger partial charge in [-0.3, -0.25) is 4.90 Å². The summed E-state index contributed by atoms with van der Waals surface area (Å²) in [7, 11) is 2.29. The molecular weight excluding hydrogens is 244 g/mol. The lowest BCUT2D eigenvalue weighted by atomic mass is 9.79. The Morgan fingerprint density at radius 1 is 1.05 bits per heavy atom. The lowest BCUT2D eigenvalue weighted by Gasteiger charge is -2.48. The normalized spacial score (nSPS) is 20.4. The number of likely N-dealkylation sites (tertiary alicyclic amines) is 1. The molecule has 120 valence electrons. The second-order valence-corrected chi connectivity index (χ2v) is 6.92. The van der Waals surface area contributed by atoms with Gasteiger partial charge >= 0.3 is 0 Å². The molecule has 0 bridgehead atoms. The van der Waals surface area contributed by atoms with Crippen LogP contribution in [0.25, 0.3) is 0 Å². The summed E-state index contributed by atoms with van der Waals surface area (Å²) < 4.78 is 0. The van der Waals surface area contributed by atoms with Crippen molar-refractivity contribution in [3.8, 4) is 0 Å². The van der Waals surface area contributed by atoms with Crippen LogP contribution < -0.4 is 0 Å². The van der Waals surface area contributed by atoms with E-state index in [1.165, 1.54) is 51.7 Å². The van der Waals surface area contributed by atoms with E-state index in [4.69, 9.17) is 0 Å². The van der Waals surface area contributed by atoms with Gasteiger partial charge in [0.25, 0.3) is 0 Å². The fourth-order valence-electron chi connectivity index (χ4n) is 3.83. The average molecular weight is 283 g/mol. The molecule has 0 aromatic carbocycles. The Labute approximate surface area is 127 Å². The van der Waals surface area contributed by atoms with Gasteiger partial charge in [0.05, 0.1) is 0 Å². The van der Waals surface area contributed by atoms with Crippen molar-refractivity contribution in [1.29, 1.82) is 0 Å². The molecule has 0 aromatic rings. The second-order valence-electron chi connectivity index (χ2n) is 6.92. The van der Waals surface area contributed by atoms with Gasteiger partial charge in [-0.2, -0.15) is 0 Å². The fourth-order valence-corrected chi connectivity index (χ4v) is 3.83. The van der Waals surface area contributed by atoms with E-state index in [0.29, 0.717) is 0 Å². The second kappa shape index (κ2) is 9.04. The molecule has 0 N–H and O–H groups in total. The maximum atomic E-state index is 2.72. The highest BCUT2D eigenvalue weighted by atomic mass is 15.2. The Morgan fingerprint density at radius 3 is 2.10 bits per heavy atom. The molecule has 0 aromatic heterocycles. The van der Waals surface area contributed by atoms with Crippen LogP contribution in [0, 0.1) is 11.8 Å². The molecule has 2 nitrogen and oxygen atoms in total. The van der Waals surface area contributed by atoms with E-state index in [1.807, 2.05) is 0 Å². The van der Waals surface area contributed by atoms with Crippen LogP contribution in [0.4, 0.5) is 0 Å². The first kappa shape index (κ1) is 18.0. The highest BCUT2D eigenvalue weighted by molar-refractivity contribution is 4.89. The van der Waals surface area contributed by atoms with Crippen LogP contribution in [0.2, 0.25) is 0 Å². The lowest BCUT2D eigenvalue weighted by molar-refractivity contribution is 0.00635. The third kappa shape index (κ3) is 4.73. The van der Waals surface area contributed by atoms with Gasteiger partial charge in [-0.15, -0.1) is 0 Å². The van der Waals surface area contributed by atoms with E-state index in [9.17, 15) is 0 Å². The minimum absolute atomic E-state index is 0.738. The molecular formula is C18H38N2. The van der Waals surface area contributed by atoms with Crippen molar-refractivity contribution in [1.82, 2.24) is 9.80 Å². The fraction of sp³-hybridized carbons (Fsp3) is 1.00. The van der Waals surface area contributed by atoms with Crippen molar-refractivity contribution < 1.29 is 0 Å². The van der Waals surface area contributed by atoms with E-state index in [2.05, 4.69) is 51.5 Å². The van der Waals surface area contributed by atoms with Crippen molar-refractivity contribution in [3.05, 3.63) is 0 Å². The molecule has 2 unspecified atom stereocenters. The van der Waals surface area contributed by atoms with Gasteiger partial charge in [0, 0.05) is 25.2 Å². The zero-order chi connectivity index (χ0) is 15.1. The highest BCUT2D eigenvalue weighted by Gasteiger charge is 2.35. The van der Waals surface area contributed by atoms with Crippen molar-refractivity contribution in [2.24, 2.45) is 11.8 Å². The summed E-state index contributed by atoms with van der Waals surface area (Å²) in [5.41, 5.74) is 0. The first-order chi connectivity index (χ1) is 9.57. The van der Waals surface area contributed by atoms with Crippen LogP contribution in [0.1, 0.15) is 66.7 Å². The molecule has 1 rings (SSSR count). The molecule has 0 radical (unpaired) electrons. The first-order valence-electron chi connectivity index (χ1n) is 9.01. The summed E-state index contributed by atoms with van der Waals surface area (Å²) in [5, 5.41) is 0. The molecule has 1 heterocycles. The molecule has 1 saturated heterocycles. The van der Waals surface area contributed by atoms with Gasteiger partial charge in [0.15, 0.2) is 0 Å². The molecule has 0 saturated carbocycles. The zero-order valence-electron chi connectivity index (χ0n) is 14.9. The largest absolute Gasteiger partial charge is 0.304 e. The first-order valence-corrected chi connectivity index (χ1v) is 9.01. The van der Waals surface area contributed by atoms with Crippen LogP contribution in [-0.2, 0) is 0 Å². The Bertz CT molecular complexity index is 244. The quantitative estimate of drug-likeness (QED) is 0.591. The van der Waals surface area contributed by atoms with Gasteiger partial charge < -0.3 is 4.90 Å². The Balaban J connectivity index is 2.38. The molecule has 1 fully saturated rings. The van der Waals surface area contributed by atoms with Crippen LogP contribution in [0.3, 0.4) is 0 Å². The smallest absolute Gasteiger partial charge is 0.00902 e. The van der Waals surface area contributed by atoms with Gasteiger partial charge in [-0.25, -0.2) is 0 Å². The van der Waals surface area contributed by atoms with Gasteiger partial charge in [0.2, 0.25) is 0 Å². The molecule has 20 heavy (non-hydrogen) atoms. The summed E-state index contributed by atoms with van der Waals surface area (Å²) in [6.07, 6.45) is 6.63. The minimum atomic E-state index is 0.738. The van der Waals surface area contributed by atoms with E-state index in [1.54, 1.807) is 0 Å². The summed E-state index contributed by atoms with van der Waals surface area (Å²) in [6, 6.07) is 1.58. The van der Waals surface area contributed by atoms with E-state index in [-0.39, 0.29) is 0 Å². The number of nitrogens with zero attached hydrogens (tertiary/aromatic N) is 2. The van der Waals surface area contributed by atoms with Gasteiger partial charge in [0.1, 0.15) is 0 Å². The highest BCUT2D eigenvalue weighted by Crippen LogP contribution is 2.32. The van der Waals surface area contributed by atoms with Gasteiger partial charge in [-0.05, 0) is 58.0 Å². The van der Waals surface area contributed by atoms with E-state index < -0.39 is 0 Å². The van der Waals surface area contributed by atoms with Crippen LogP contribution in [0.15, 0.2) is 0 Å². The van der Waals surface area contributed by atoms with Crippen LogP contribution in [0.5, 0.6) is 0 Å². The van der Waals surface area contributed by atoms with Crippen LogP contribution >= 0.6 is 0 Å². The lowest BCUT2D eigenvalue weighted by Crippen LogP contribution is -2.54. The predicted octanol–water partition coefficient (Wildman–Crippen LogP) is 4.25. The minimum Gasteiger partial charge on any atom is -0.304 e. The van der Waals surface area contributed by atoms with Crippen molar-refractivity contribution >= 4 is 0 Å². The third-order valence-electron chi connectivity index (χ3n) is 5.56. The molecule has 0 aliphatic carbocycles. The van der Waals surface area contributed by atoms with Crippen LogP contribution in [-0.4, -0.2) is 48.6 Å². The topological polar surface area (TPSA) is 6.48 Å².